The van der Waals surface area contributed by atoms with Gasteiger partial charge in [0, 0.05) is 36.4 Å². The summed E-state index contributed by atoms with van der Waals surface area (Å²) in [6.45, 7) is 3.75. The fourth-order valence-electron chi connectivity index (χ4n) is 4.07. The molecule has 3 aromatic carbocycles. The van der Waals surface area contributed by atoms with E-state index in [9.17, 15) is 19.2 Å². The summed E-state index contributed by atoms with van der Waals surface area (Å²) in [5, 5.41) is 0. The van der Waals surface area contributed by atoms with Gasteiger partial charge in [-0.25, -0.2) is 9.80 Å². The van der Waals surface area contributed by atoms with Gasteiger partial charge in [0.25, 0.3) is 23.6 Å². The number of rotatable bonds is 6. The third-order valence-corrected chi connectivity index (χ3v) is 5.66. The summed E-state index contributed by atoms with van der Waals surface area (Å²) in [5.74, 6) is 0.516. The number of ether oxygens (including phenoxy) is 2. The Hall–Kier alpha value is -4.98. The first-order valence-corrected chi connectivity index (χ1v) is 11.1. The minimum Gasteiger partial charge on any atom is -0.457 e. The number of nitrogens with zero attached hydrogens (tertiary/aromatic N) is 2. The molecule has 0 fully saturated rings. The topological polar surface area (TPSA) is 93.2 Å². The van der Waals surface area contributed by atoms with Crippen molar-refractivity contribution in [2.45, 2.75) is 13.8 Å². The van der Waals surface area contributed by atoms with E-state index in [2.05, 4.69) is 0 Å². The third-order valence-electron chi connectivity index (χ3n) is 5.66. The van der Waals surface area contributed by atoms with E-state index in [0.29, 0.717) is 34.4 Å². The molecule has 0 saturated carbocycles. The van der Waals surface area contributed by atoms with E-state index in [1.54, 1.807) is 48.5 Å². The van der Waals surface area contributed by atoms with Crippen molar-refractivity contribution in [1.29, 1.82) is 0 Å². The lowest BCUT2D eigenvalue weighted by Gasteiger charge is -2.18. The summed E-state index contributed by atoms with van der Waals surface area (Å²) in [7, 11) is 0. The van der Waals surface area contributed by atoms with Crippen LogP contribution in [0.4, 0.5) is 11.4 Å². The van der Waals surface area contributed by atoms with Gasteiger partial charge in [-0.2, -0.15) is 0 Å². The van der Waals surface area contributed by atoms with Gasteiger partial charge in [0.15, 0.2) is 0 Å². The molecule has 8 nitrogen and oxygen atoms in total. The molecule has 0 unspecified atom stereocenters. The minimum absolute atomic E-state index is 0.398. The monoisotopic (exact) mass is 480 g/mol. The molecule has 5 rings (SSSR count). The van der Waals surface area contributed by atoms with Gasteiger partial charge in [-0.05, 0) is 61.4 Å². The summed E-state index contributed by atoms with van der Waals surface area (Å²) in [6.07, 6.45) is 4.93. The van der Waals surface area contributed by atoms with Crippen LogP contribution in [-0.4, -0.2) is 23.6 Å². The second-order valence-electron chi connectivity index (χ2n) is 8.28. The fraction of sp³-hybridized carbons (Fsp3) is 0.0714. The van der Waals surface area contributed by atoms with Gasteiger partial charge in [-0.15, -0.1) is 0 Å². The van der Waals surface area contributed by atoms with Crippen molar-refractivity contribution in [3.05, 3.63) is 96.1 Å². The van der Waals surface area contributed by atoms with Crippen molar-refractivity contribution < 1.29 is 28.7 Å². The highest BCUT2D eigenvalue weighted by Crippen LogP contribution is 2.36. The molecule has 0 N–H and O–H groups in total. The summed E-state index contributed by atoms with van der Waals surface area (Å²) in [4.78, 5) is 50.1. The zero-order chi connectivity index (χ0) is 25.4. The second kappa shape index (κ2) is 8.99. The zero-order valence-electron chi connectivity index (χ0n) is 19.4. The van der Waals surface area contributed by atoms with Gasteiger partial charge < -0.3 is 9.47 Å². The fourth-order valence-corrected chi connectivity index (χ4v) is 4.07. The van der Waals surface area contributed by atoms with Crippen molar-refractivity contribution in [1.82, 2.24) is 0 Å². The number of carbonyl (C=O) groups is 4. The van der Waals surface area contributed by atoms with Crippen LogP contribution < -0.4 is 19.3 Å². The maximum absolute atomic E-state index is 12.0. The summed E-state index contributed by atoms with van der Waals surface area (Å²) in [5.41, 5.74) is 2.45. The van der Waals surface area contributed by atoms with Crippen LogP contribution in [0.15, 0.2) is 85.0 Å². The molecule has 178 valence electrons. The van der Waals surface area contributed by atoms with E-state index in [1.165, 1.54) is 24.3 Å². The second-order valence-corrected chi connectivity index (χ2v) is 8.28. The van der Waals surface area contributed by atoms with E-state index in [0.717, 1.165) is 20.9 Å². The quantitative estimate of drug-likeness (QED) is 0.473. The number of hydrogen-bond acceptors (Lipinski definition) is 6. The summed E-state index contributed by atoms with van der Waals surface area (Å²) in [6, 6.07) is 17.1. The van der Waals surface area contributed by atoms with E-state index in [1.807, 2.05) is 26.0 Å². The average molecular weight is 480 g/mol. The van der Waals surface area contributed by atoms with E-state index in [4.69, 9.17) is 9.47 Å². The predicted molar refractivity (Wildman–Crippen MR) is 132 cm³/mol. The molecule has 36 heavy (non-hydrogen) atoms. The van der Waals surface area contributed by atoms with Gasteiger partial charge >= 0.3 is 0 Å². The highest BCUT2D eigenvalue weighted by atomic mass is 16.5. The molecule has 0 saturated heterocycles. The molecule has 2 aliphatic heterocycles. The van der Waals surface area contributed by atoms with Crippen LogP contribution in [0.1, 0.15) is 11.1 Å². The molecule has 8 heteroatoms. The highest BCUT2D eigenvalue weighted by Gasteiger charge is 2.26. The van der Waals surface area contributed by atoms with Crippen molar-refractivity contribution in [3.63, 3.8) is 0 Å². The number of carbonyl (C=O) groups excluding carboxylic acids is 4. The smallest absolute Gasteiger partial charge is 0.258 e. The number of aryl methyl sites for hydroxylation is 2. The highest BCUT2D eigenvalue weighted by molar-refractivity contribution is 6.28. The maximum atomic E-state index is 12.0. The average Bonchev–Trinajstić information content (AvgIpc) is 3.36. The van der Waals surface area contributed by atoms with Crippen LogP contribution in [0, 0.1) is 13.8 Å². The van der Waals surface area contributed by atoms with Gasteiger partial charge in [-0.1, -0.05) is 12.1 Å². The molecule has 2 aliphatic rings. The largest absolute Gasteiger partial charge is 0.457 e. The SMILES string of the molecule is Cc1cc(Oc2cccc(N3C(=O)C=CC3=O)c2)cc(C)c1Oc1cccc(N2C(=O)C=CC2=O)c1. The first kappa shape index (κ1) is 22.8. The Morgan fingerprint density at radius 3 is 1.39 bits per heavy atom. The molecule has 0 atom stereocenters. The lowest BCUT2D eigenvalue weighted by molar-refractivity contribution is -0.121. The van der Waals surface area contributed by atoms with Crippen molar-refractivity contribution in [3.8, 4) is 23.0 Å². The third kappa shape index (κ3) is 4.27. The standard InChI is InChI=1S/C28H20N2O6/c1-17-13-23(35-21-7-3-5-19(15-21)29-24(31)9-10-25(29)32)14-18(2)28(17)36-22-8-4-6-20(16-22)30-26(33)11-12-27(30)34/h3-16H,1-2H3. The van der Waals surface area contributed by atoms with E-state index >= 15 is 0 Å². The summed E-state index contributed by atoms with van der Waals surface area (Å²) < 4.78 is 12.1. The van der Waals surface area contributed by atoms with Crippen LogP contribution in [-0.2, 0) is 19.2 Å². The lowest BCUT2D eigenvalue weighted by atomic mass is 10.1. The molecular weight excluding hydrogens is 460 g/mol. The van der Waals surface area contributed by atoms with Gasteiger partial charge in [0.05, 0.1) is 11.4 Å². The van der Waals surface area contributed by atoms with Crippen LogP contribution in [0.2, 0.25) is 0 Å². The van der Waals surface area contributed by atoms with Gasteiger partial charge in [0.1, 0.15) is 23.0 Å². The Morgan fingerprint density at radius 1 is 0.528 bits per heavy atom. The van der Waals surface area contributed by atoms with Crippen molar-refractivity contribution >= 4 is 35.0 Å². The van der Waals surface area contributed by atoms with E-state index < -0.39 is 23.6 Å². The van der Waals surface area contributed by atoms with Crippen molar-refractivity contribution in [2.24, 2.45) is 0 Å². The van der Waals surface area contributed by atoms with Gasteiger partial charge in [0.2, 0.25) is 0 Å². The number of benzene rings is 3. The molecule has 4 amide bonds. The molecule has 0 radical (unpaired) electrons. The normalized spacial score (nSPS) is 14.8. The van der Waals surface area contributed by atoms with E-state index in [-0.39, 0.29) is 0 Å². The number of anilines is 2. The van der Waals surface area contributed by atoms with Crippen LogP contribution in [0.3, 0.4) is 0 Å². The molecule has 3 aromatic rings. The maximum Gasteiger partial charge on any atom is 0.258 e. The Balaban J connectivity index is 1.35. The van der Waals surface area contributed by atoms with Crippen LogP contribution in [0.25, 0.3) is 0 Å². The Labute approximate surface area is 206 Å². The Bertz CT molecular complexity index is 1440. The van der Waals surface area contributed by atoms with Gasteiger partial charge in [-0.3, -0.25) is 19.2 Å². The molecule has 0 aliphatic carbocycles. The lowest BCUT2D eigenvalue weighted by Crippen LogP contribution is -2.29. The van der Waals surface area contributed by atoms with Crippen molar-refractivity contribution in [2.75, 3.05) is 9.80 Å². The Kier molecular flexibility index (Phi) is 5.69. The number of imide groups is 2. The number of amides is 4. The zero-order valence-corrected chi connectivity index (χ0v) is 19.4. The molecular formula is C28H20N2O6. The van der Waals surface area contributed by atoms with Crippen LogP contribution in [0.5, 0.6) is 23.0 Å². The molecule has 2 heterocycles. The Morgan fingerprint density at radius 2 is 0.944 bits per heavy atom. The molecule has 0 aromatic heterocycles. The number of hydrogen-bond donors (Lipinski definition) is 0. The van der Waals surface area contributed by atoms with Crippen LogP contribution >= 0.6 is 0 Å². The molecule has 0 spiro atoms. The summed E-state index contributed by atoms with van der Waals surface area (Å²) >= 11 is 0. The predicted octanol–water partition coefficient (Wildman–Crippen LogP) is 4.75. The first-order chi connectivity index (χ1) is 17.3. The first-order valence-electron chi connectivity index (χ1n) is 11.1. The molecule has 0 bridgehead atoms. The minimum atomic E-state index is -0.399.